The fraction of sp³-hybridized carbons (Fsp3) is 0.733. The maximum absolute atomic E-state index is 5.99. The molecule has 0 spiro atoms. The van der Waals surface area contributed by atoms with E-state index in [-0.39, 0.29) is 11.0 Å². The lowest BCUT2D eigenvalue weighted by atomic mass is 9.91. The number of hydrogen-bond donors (Lipinski definition) is 1. The van der Waals surface area contributed by atoms with Gasteiger partial charge in [0.1, 0.15) is 0 Å². The van der Waals surface area contributed by atoms with Crippen LogP contribution in [-0.4, -0.2) is 19.3 Å². The zero-order valence-corrected chi connectivity index (χ0v) is 13.0. The predicted octanol–water partition coefficient (Wildman–Crippen LogP) is 3.88. The molecule has 2 heterocycles. The quantitative estimate of drug-likeness (QED) is 0.897. The van der Waals surface area contributed by atoms with Gasteiger partial charge >= 0.3 is 0 Å². The van der Waals surface area contributed by atoms with Crippen LogP contribution in [0.4, 0.5) is 0 Å². The molecule has 1 aromatic heterocycles. The number of likely N-dealkylation sites (N-methyl/N-ethyl adjacent to an activating group) is 1. The summed E-state index contributed by atoms with van der Waals surface area (Å²) >= 11 is 1.92. The SMILES string of the molecule is CNC(c1ccc(C(C)(C)C)s1)C1(C)CCCO1. The normalized spacial score (nSPS) is 26.5. The molecule has 1 fully saturated rings. The maximum atomic E-state index is 5.99. The molecule has 18 heavy (non-hydrogen) atoms. The third kappa shape index (κ3) is 2.63. The van der Waals surface area contributed by atoms with Crippen LogP contribution >= 0.6 is 11.3 Å². The highest BCUT2D eigenvalue weighted by molar-refractivity contribution is 7.12. The van der Waals surface area contributed by atoms with Crippen molar-refractivity contribution in [1.29, 1.82) is 0 Å². The standard InChI is InChI=1S/C15H25NOS/c1-14(2,3)12-8-7-11(18-12)13(16-5)15(4)9-6-10-17-15/h7-8,13,16H,6,9-10H2,1-5H3. The number of rotatable bonds is 3. The largest absolute Gasteiger partial charge is 0.373 e. The Balaban J connectivity index is 2.25. The molecule has 0 aromatic carbocycles. The Morgan fingerprint density at radius 1 is 1.39 bits per heavy atom. The van der Waals surface area contributed by atoms with Crippen molar-refractivity contribution in [2.45, 2.75) is 57.6 Å². The molecule has 2 unspecified atom stereocenters. The fourth-order valence-corrected chi connectivity index (χ4v) is 4.01. The van der Waals surface area contributed by atoms with Gasteiger partial charge in [0.15, 0.2) is 0 Å². The highest BCUT2D eigenvalue weighted by atomic mass is 32.1. The first-order valence-corrected chi connectivity index (χ1v) is 7.60. The summed E-state index contributed by atoms with van der Waals surface area (Å²) < 4.78 is 5.99. The van der Waals surface area contributed by atoms with Gasteiger partial charge in [-0.25, -0.2) is 0 Å². The topological polar surface area (TPSA) is 21.3 Å². The van der Waals surface area contributed by atoms with Crippen molar-refractivity contribution < 1.29 is 4.74 Å². The van der Waals surface area contributed by atoms with Crippen LogP contribution in [0.15, 0.2) is 12.1 Å². The monoisotopic (exact) mass is 267 g/mol. The Morgan fingerprint density at radius 3 is 2.56 bits per heavy atom. The van der Waals surface area contributed by atoms with Gasteiger partial charge in [0, 0.05) is 16.4 Å². The van der Waals surface area contributed by atoms with Crippen molar-refractivity contribution >= 4 is 11.3 Å². The Kier molecular flexibility index (Phi) is 3.86. The summed E-state index contributed by atoms with van der Waals surface area (Å²) in [6, 6.07) is 4.84. The van der Waals surface area contributed by atoms with Gasteiger partial charge in [-0.1, -0.05) is 20.8 Å². The minimum absolute atomic E-state index is 0.0469. The van der Waals surface area contributed by atoms with Gasteiger partial charge in [-0.15, -0.1) is 11.3 Å². The lowest BCUT2D eigenvalue weighted by molar-refractivity contribution is -0.00948. The molecule has 0 radical (unpaired) electrons. The molecule has 1 N–H and O–H groups in total. The minimum Gasteiger partial charge on any atom is -0.373 e. The van der Waals surface area contributed by atoms with E-state index < -0.39 is 0 Å². The van der Waals surface area contributed by atoms with E-state index in [2.05, 4.69) is 45.1 Å². The molecule has 0 bridgehead atoms. The summed E-state index contributed by atoms with van der Waals surface area (Å²) in [5.74, 6) is 0. The second-order valence-electron chi connectivity index (χ2n) is 6.44. The van der Waals surface area contributed by atoms with Gasteiger partial charge in [-0.05, 0) is 44.4 Å². The lowest BCUT2D eigenvalue weighted by Gasteiger charge is -2.32. The van der Waals surface area contributed by atoms with Crippen LogP contribution in [-0.2, 0) is 10.2 Å². The number of ether oxygens (including phenoxy) is 1. The molecule has 0 aliphatic carbocycles. The van der Waals surface area contributed by atoms with Gasteiger partial charge < -0.3 is 10.1 Å². The zero-order chi connectivity index (χ0) is 13.4. The van der Waals surface area contributed by atoms with Crippen LogP contribution in [0.25, 0.3) is 0 Å². The predicted molar refractivity (Wildman–Crippen MR) is 78.4 cm³/mol. The van der Waals surface area contributed by atoms with E-state index in [0.29, 0.717) is 6.04 Å². The van der Waals surface area contributed by atoms with E-state index in [1.54, 1.807) is 0 Å². The van der Waals surface area contributed by atoms with E-state index >= 15 is 0 Å². The second kappa shape index (κ2) is 4.95. The lowest BCUT2D eigenvalue weighted by Crippen LogP contribution is -2.39. The number of nitrogens with one attached hydrogen (secondary N) is 1. The highest BCUT2D eigenvalue weighted by Crippen LogP contribution is 2.41. The average molecular weight is 267 g/mol. The van der Waals surface area contributed by atoms with Crippen molar-refractivity contribution in [2.75, 3.05) is 13.7 Å². The van der Waals surface area contributed by atoms with Crippen LogP contribution in [0.1, 0.15) is 56.3 Å². The molecule has 2 atom stereocenters. The minimum atomic E-state index is -0.0469. The second-order valence-corrected chi connectivity index (χ2v) is 7.55. The van der Waals surface area contributed by atoms with Gasteiger partial charge in [0.25, 0.3) is 0 Å². The molecular formula is C15H25NOS. The molecule has 1 saturated heterocycles. The molecule has 2 nitrogen and oxygen atoms in total. The fourth-order valence-electron chi connectivity index (χ4n) is 2.69. The average Bonchev–Trinajstić information content (AvgIpc) is 2.88. The van der Waals surface area contributed by atoms with Gasteiger partial charge in [-0.2, -0.15) is 0 Å². The summed E-state index contributed by atoms with van der Waals surface area (Å²) in [6.45, 7) is 9.93. The van der Waals surface area contributed by atoms with E-state index in [1.165, 1.54) is 16.2 Å². The van der Waals surface area contributed by atoms with E-state index in [4.69, 9.17) is 4.74 Å². The van der Waals surface area contributed by atoms with Gasteiger partial charge in [0.05, 0.1) is 11.6 Å². The van der Waals surface area contributed by atoms with Crippen LogP contribution in [0, 0.1) is 0 Å². The molecule has 1 aliphatic rings. The highest BCUT2D eigenvalue weighted by Gasteiger charge is 2.39. The summed E-state index contributed by atoms with van der Waals surface area (Å²) in [4.78, 5) is 2.84. The van der Waals surface area contributed by atoms with Crippen molar-refractivity contribution in [3.05, 3.63) is 21.9 Å². The maximum Gasteiger partial charge on any atom is 0.0857 e. The van der Waals surface area contributed by atoms with Gasteiger partial charge in [0.2, 0.25) is 0 Å². The third-order valence-corrected chi connectivity index (χ3v) is 5.37. The number of thiophene rings is 1. The molecule has 102 valence electrons. The summed E-state index contributed by atoms with van der Waals surface area (Å²) in [5, 5.41) is 3.45. The van der Waals surface area contributed by atoms with Crippen LogP contribution in [0.2, 0.25) is 0 Å². The first-order valence-electron chi connectivity index (χ1n) is 6.78. The third-order valence-electron chi connectivity index (χ3n) is 3.80. The van der Waals surface area contributed by atoms with Crippen molar-refractivity contribution in [3.63, 3.8) is 0 Å². The first kappa shape index (κ1) is 14.0. The number of hydrogen-bond acceptors (Lipinski definition) is 3. The Bertz CT molecular complexity index is 399. The molecule has 1 aliphatic heterocycles. The Labute approximate surface area is 115 Å². The Morgan fingerprint density at radius 2 is 2.11 bits per heavy atom. The molecular weight excluding hydrogens is 242 g/mol. The van der Waals surface area contributed by atoms with Gasteiger partial charge in [-0.3, -0.25) is 0 Å². The smallest absolute Gasteiger partial charge is 0.0857 e. The van der Waals surface area contributed by atoms with Crippen LogP contribution in [0.3, 0.4) is 0 Å². The van der Waals surface area contributed by atoms with Crippen LogP contribution < -0.4 is 5.32 Å². The van der Waals surface area contributed by atoms with Crippen molar-refractivity contribution in [2.24, 2.45) is 0 Å². The summed E-state index contributed by atoms with van der Waals surface area (Å²) in [7, 11) is 2.04. The molecule has 0 amide bonds. The summed E-state index contributed by atoms with van der Waals surface area (Å²) in [6.07, 6.45) is 2.31. The molecule has 0 saturated carbocycles. The molecule has 2 rings (SSSR count). The first-order chi connectivity index (χ1) is 8.37. The summed E-state index contributed by atoms with van der Waals surface area (Å²) in [5.41, 5.74) is 0.188. The van der Waals surface area contributed by atoms with Crippen molar-refractivity contribution in [1.82, 2.24) is 5.32 Å². The van der Waals surface area contributed by atoms with E-state index in [9.17, 15) is 0 Å². The van der Waals surface area contributed by atoms with Crippen LogP contribution in [0.5, 0.6) is 0 Å². The molecule has 3 heteroatoms. The van der Waals surface area contributed by atoms with E-state index in [0.717, 1.165) is 13.0 Å². The van der Waals surface area contributed by atoms with E-state index in [1.807, 2.05) is 18.4 Å². The zero-order valence-electron chi connectivity index (χ0n) is 12.2. The Hall–Kier alpha value is -0.380. The molecule has 1 aromatic rings. The van der Waals surface area contributed by atoms with Crippen molar-refractivity contribution in [3.8, 4) is 0 Å².